The fourth-order valence-electron chi connectivity index (χ4n) is 1.91. The number of rotatable bonds is 6. The molecule has 0 fully saturated rings. The van der Waals surface area contributed by atoms with E-state index < -0.39 is 0 Å². The predicted molar refractivity (Wildman–Crippen MR) is 72.8 cm³/mol. The summed E-state index contributed by atoms with van der Waals surface area (Å²) in [5.74, 6) is 0.416. The second-order valence-electron chi connectivity index (χ2n) is 4.32. The first-order valence-electron chi connectivity index (χ1n) is 6.15. The standard InChI is InChI=1S/C14H19N3O2/c1-10-7-12(3-4-15)8-11(2)14(10)19-9-13(18)17-6-5-16/h7-8H,3-4,6,9,15H2,1-2H3,(H,17,18). The number of amides is 1. The molecule has 0 spiro atoms. The number of nitrogens with two attached hydrogens (primary N) is 1. The zero-order valence-corrected chi connectivity index (χ0v) is 11.3. The Balaban J connectivity index is 2.69. The number of ether oxygens (including phenoxy) is 1. The summed E-state index contributed by atoms with van der Waals surface area (Å²) >= 11 is 0. The monoisotopic (exact) mass is 261 g/mol. The molecular formula is C14H19N3O2. The summed E-state index contributed by atoms with van der Waals surface area (Å²) in [5.41, 5.74) is 8.66. The number of hydrogen-bond donors (Lipinski definition) is 2. The first-order valence-corrected chi connectivity index (χ1v) is 6.15. The molecule has 0 atom stereocenters. The van der Waals surface area contributed by atoms with Crippen molar-refractivity contribution in [2.45, 2.75) is 20.3 Å². The molecule has 5 nitrogen and oxygen atoms in total. The van der Waals surface area contributed by atoms with Crippen LogP contribution in [0, 0.1) is 25.2 Å². The third kappa shape index (κ3) is 4.60. The predicted octanol–water partition coefficient (Wildman–Crippen LogP) is 0.823. The fourth-order valence-corrected chi connectivity index (χ4v) is 1.91. The molecule has 0 radical (unpaired) electrons. The van der Waals surface area contributed by atoms with Gasteiger partial charge in [-0.3, -0.25) is 4.79 Å². The SMILES string of the molecule is Cc1cc(CCN)cc(C)c1OCC(=O)NCC#N. The highest BCUT2D eigenvalue weighted by Gasteiger charge is 2.08. The van der Waals surface area contributed by atoms with E-state index >= 15 is 0 Å². The average molecular weight is 261 g/mol. The summed E-state index contributed by atoms with van der Waals surface area (Å²) in [4.78, 5) is 11.4. The summed E-state index contributed by atoms with van der Waals surface area (Å²) in [7, 11) is 0. The molecule has 0 aromatic heterocycles. The van der Waals surface area contributed by atoms with E-state index in [-0.39, 0.29) is 19.1 Å². The summed E-state index contributed by atoms with van der Waals surface area (Å²) in [6.07, 6.45) is 0.824. The molecule has 3 N–H and O–H groups in total. The van der Waals surface area contributed by atoms with E-state index in [0.717, 1.165) is 17.5 Å². The van der Waals surface area contributed by atoms with Crippen molar-refractivity contribution in [3.05, 3.63) is 28.8 Å². The van der Waals surface area contributed by atoms with Gasteiger partial charge in [0.2, 0.25) is 0 Å². The Bertz CT molecular complexity index is 469. The van der Waals surface area contributed by atoms with E-state index in [2.05, 4.69) is 5.32 Å². The van der Waals surface area contributed by atoms with E-state index in [1.165, 1.54) is 5.56 Å². The maximum Gasteiger partial charge on any atom is 0.258 e. The van der Waals surface area contributed by atoms with Gasteiger partial charge >= 0.3 is 0 Å². The summed E-state index contributed by atoms with van der Waals surface area (Å²) in [6, 6.07) is 5.87. The first kappa shape index (κ1) is 15.0. The molecule has 19 heavy (non-hydrogen) atoms. The lowest BCUT2D eigenvalue weighted by Crippen LogP contribution is -2.29. The fraction of sp³-hybridized carbons (Fsp3) is 0.429. The van der Waals surface area contributed by atoms with Crippen molar-refractivity contribution in [3.63, 3.8) is 0 Å². The lowest BCUT2D eigenvalue weighted by molar-refractivity contribution is -0.122. The molecule has 1 rings (SSSR count). The number of nitriles is 1. The summed E-state index contributed by atoms with van der Waals surface area (Å²) in [6.45, 7) is 4.40. The summed E-state index contributed by atoms with van der Waals surface area (Å²) in [5, 5.41) is 10.8. The Morgan fingerprint density at radius 3 is 2.58 bits per heavy atom. The smallest absolute Gasteiger partial charge is 0.258 e. The van der Waals surface area contributed by atoms with Crippen LogP contribution in [0.25, 0.3) is 0 Å². The quantitative estimate of drug-likeness (QED) is 0.742. The third-order valence-corrected chi connectivity index (χ3v) is 2.67. The first-order chi connectivity index (χ1) is 9.08. The Labute approximate surface area is 113 Å². The van der Waals surface area contributed by atoms with Crippen LogP contribution in [0.4, 0.5) is 0 Å². The van der Waals surface area contributed by atoms with Crippen LogP contribution in [-0.2, 0) is 11.2 Å². The molecule has 0 heterocycles. The molecule has 1 amide bonds. The largest absolute Gasteiger partial charge is 0.483 e. The highest BCUT2D eigenvalue weighted by Crippen LogP contribution is 2.24. The van der Waals surface area contributed by atoms with Crippen LogP contribution in [0.1, 0.15) is 16.7 Å². The number of hydrogen-bond acceptors (Lipinski definition) is 4. The normalized spacial score (nSPS) is 9.79. The molecule has 1 aromatic carbocycles. The van der Waals surface area contributed by atoms with Gasteiger partial charge < -0.3 is 15.8 Å². The molecule has 1 aromatic rings. The van der Waals surface area contributed by atoms with Crippen molar-refractivity contribution in [1.82, 2.24) is 5.32 Å². The van der Waals surface area contributed by atoms with Crippen molar-refractivity contribution in [3.8, 4) is 11.8 Å². The Kier molecular flexibility index (Phi) is 5.83. The van der Waals surface area contributed by atoms with Crippen molar-refractivity contribution in [2.75, 3.05) is 19.7 Å². The number of aryl methyl sites for hydroxylation is 2. The average Bonchev–Trinajstić information content (AvgIpc) is 2.35. The molecule has 0 saturated heterocycles. The van der Waals surface area contributed by atoms with E-state index in [1.54, 1.807) is 0 Å². The molecule has 0 unspecified atom stereocenters. The molecule has 0 bridgehead atoms. The minimum absolute atomic E-state index is 0.00437. The van der Waals surface area contributed by atoms with Crippen LogP contribution >= 0.6 is 0 Å². The molecule has 0 aliphatic heterocycles. The van der Waals surface area contributed by atoms with Gasteiger partial charge in [0.25, 0.3) is 5.91 Å². The highest BCUT2D eigenvalue weighted by molar-refractivity contribution is 5.77. The van der Waals surface area contributed by atoms with Crippen LogP contribution in [0.3, 0.4) is 0 Å². The van der Waals surface area contributed by atoms with Crippen LogP contribution in [-0.4, -0.2) is 25.6 Å². The van der Waals surface area contributed by atoms with Gasteiger partial charge in [-0.2, -0.15) is 5.26 Å². The third-order valence-electron chi connectivity index (χ3n) is 2.67. The van der Waals surface area contributed by atoms with Gasteiger partial charge in [-0.15, -0.1) is 0 Å². The molecule has 0 saturated carbocycles. The molecular weight excluding hydrogens is 242 g/mol. The molecule has 102 valence electrons. The van der Waals surface area contributed by atoms with Crippen LogP contribution < -0.4 is 15.8 Å². The highest BCUT2D eigenvalue weighted by atomic mass is 16.5. The Hall–Kier alpha value is -2.06. The van der Waals surface area contributed by atoms with Gasteiger partial charge in [0, 0.05) is 0 Å². The number of nitrogens with one attached hydrogen (secondary N) is 1. The van der Waals surface area contributed by atoms with Gasteiger partial charge in [0.1, 0.15) is 12.3 Å². The van der Waals surface area contributed by atoms with Crippen LogP contribution in [0.15, 0.2) is 12.1 Å². The van der Waals surface area contributed by atoms with E-state index in [1.807, 2.05) is 32.0 Å². The van der Waals surface area contributed by atoms with Gasteiger partial charge in [-0.05, 0) is 43.5 Å². The minimum atomic E-state index is -0.300. The van der Waals surface area contributed by atoms with Crippen LogP contribution in [0.5, 0.6) is 5.75 Å². The molecule has 0 aliphatic rings. The van der Waals surface area contributed by atoms with Crippen molar-refractivity contribution < 1.29 is 9.53 Å². The second-order valence-corrected chi connectivity index (χ2v) is 4.32. The topological polar surface area (TPSA) is 88.1 Å². The zero-order chi connectivity index (χ0) is 14.3. The minimum Gasteiger partial charge on any atom is -0.483 e. The van der Waals surface area contributed by atoms with Gasteiger partial charge in [0.15, 0.2) is 6.61 Å². The van der Waals surface area contributed by atoms with Gasteiger partial charge in [-0.25, -0.2) is 0 Å². The lowest BCUT2D eigenvalue weighted by Gasteiger charge is -2.13. The van der Waals surface area contributed by atoms with Crippen molar-refractivity contribution in [2.24, 2.45) is 5.73 Å². The zero-order valence-electron chi connectivity index (χ0n) is 11.3. The van der Waals surface area contributed by atoms with Gasteiger partial charge in [-0.1, -0.05) is 12.1 Å². The number of carbonyl (C=O) groups excluding carboxylic acids is 1. The Morgan fingerprint density at radius 2 is 2.05 bits per heavy atom. The maximum absolute atomic E-state index is 11.4. The Morgan fingerprint density at radius 1 is 1.42 bits per heavy atom. The maximum atomic E-state index is 11.4. The molecule has 0 aliphatic carbocycles. The lowest BCUT2D eigenvalue weighted by atomic mass is 10.0. The van der Waals surface area contributed by atoms with Crippen LogP contribution in [0.2, 0.25) is 0 Å². The van der Waals surface area contributed by atoms with Gasteiger partial charge in [0.05, 0.1) is 6.07 Å². The van der Waals surface area contributed by atoms with E-state index in [4.69, 9.17) is 15.7 Å². The van der Waals surface area contributed by atoms with Crippen molar-refractivity contribution in [1.29, 1.82) is 5.26 Å². The number of benzene rings is 1. The second kappa shape index (κ2) is 7.39. The number of carbonyl (C=O) groups is 1. The van der Waals surface area contributed by atoms with E-state index in [0.29, 0.717) is 12.3 Å². The van der Waals surface area contributed by atoms with E-state index in [9.17, 15) is 4.79 Å². The number of nitrogens with zero attached hydrogens (tertiary/aromatic N) is 1. The van der Waals surface area contributed by atoms with Crippen molar-refractivity contribution >= 4 is 5.91 Å². The summed E-state index contributed by atoms with van der Waals surface area (Å²) < 4.78 is 5.51. The molecule has 5 heteroatoms.